The summed E-state index contributed by atoms with van der Waals surface area (Å²) in [7, 11) is 1.54. The molecule has 8 heteroatoms. The molecule has 0 fully saturated rings. The van der Waals surface area contributed by atoms with Gasteiger partial charge in [0.15, 0.2) is 13.2 Å². The van der Waals surface area contributed by atoms with Crippen molar-refractivity contribution in [1.82, 2.24) is 0 Å². The lowest BCUT2D eigenvalue weighted by Gasteiger charge is -2.09. The number of hydrogen-bond donors (Lipinski definition) is 1. The van der Waals surface area contributed by atoms with Crippen molar-refractivity contribution < 1.29 is 28.2 Å². The van der Waals surface area contributed by atoms with Crippen LogP contribution in [0.3, 0.4) is 0 Å². The first-order valence-electron chi connectivity index (χ1n) is 7.15. The Hall–Kier alpha value is -2.61. The van der Waals surface area contributed by atoms with Gasteiger partial charge in [0.1, 0.15) is 17.3 Å². The average molecular weight is 412 g/mol. The van der Waals surface area contributed by atoms with Crippen LogP contribution in [0.25, 0.3) is 0 Å². The third-order valence-corrected chi connectivity index (χ3v) is 3.48. The van der Waals surface area contributed by atoms with E-state index in [0.29, 0.717) is 16.0 Å². The third kappa shape index (κ3) is 6.07. The first-order chi connectivity index (χ1) is 12.0. The Morgan fingerprint density at radius 1 is 1.08 bits per heavy atom. The Bertz CT molecular complexity index is 751. The highest BCUT2D eigenvalue weighted by atomic mass is 79.9. The van der Waals surface area contributed by atoms with E-state index in [9.17, 15) is 14.0 Å². The van der Waals surface area contributed by atoms with Crippen LogP contribution in [0.15, 0.2) is 46.9 Å². The predicted molar refractivity (Wildman–Crippen MR) is 92.2 cm³/mol. The van der Waals surface area contributed by atoms with Gasteiger partial charge in [0, 0.05) is 4.47 Å². The largest absolute Gasteiger partial charge is 0.497 e. The maximum atomic E-state index is 13.6. The second kappa shape index (κ2) is 9.03. The van der Waals surface area contributed by atoms with Crippen LogP contribution in [0.4, 0.5) is 10.1 Å². The number of ether oxygens (including phenoxy) is 3. The number of anilines is 1. The molecule has 0 spiro atoms. The van der Waals surface area contributed by atoms with Gasteiger partial charge in [0.25, 0.3) is 5.91 Å². The van der Waals surface area contributed by atoms with Crippen LogP contribution >= 0.6 is 15.9 Å². The number of nitrogens with one attached hydrogen (secondary N) is 1. The minimum atomic E-state index is -0.720. The molecule has 2 rings (SSSR count). The Kier molecular flexibility index (Phi) is 6.76. The van der Waals surface area contributed by atoms with Gasteiger partial charge in [-0.2, -0.15) is 0 Å². The van der Waals surface area contributed by atoms with Gasteiger partial charge < -0.3 is 19.5 Å². The fourth-order valence-electron chi connectivity index (χ4n) is 1.78. The second-order valence-corrected chi connectivity index (χ2v) is 5.71. The van der Waals surface area contributed by atoms with E-state index in [1.54, 1.807) is 37.4 Å². The van der Waals surface area contributed by atoms with Crippen LogP contribution < -0.4 is 14.8 Å². The summed E-state index contributed by atoms with van der Waals surface area (Å²) >= 11 is 3.11. The maximum absolute atomic E-state index is 13.6. The van der Waals surface area contributed by atoms with Crippen LogP contribution in [-0.2, 0) is 14.3 Å². The van der Waals surface area contributed by atoms with Gasteiger partial charge in [-0.15, -0.1) is 0 Å². The van der Waals surface area contributed by atoms with Gasteiger partial charge in [-0.05, 0) is 42.5 Å². The molecular weight excluding hydrogens is 397 g/mol. The highest BCUT2D eigenvalue weighted by molar-refractivity contribution is 9.10. The number of benzene rings is 2. The highest BCUT2D eigenvalue weighted by Gasteiger charge is 2.11. The monoisotopic (exact) mass is 411 g/mol. The molecule has 0 aliphatic carbocycles. The molecule has 1 amide bonds. The smallest absolute Gasteiger partial charge is 0.344 e. The standard InChI is InChI=1S/C17H15BrFNO5/c1-23-12-3-5-13(6-4-12)24-10-17(22)25-9-16(21)20-15-7-2-11(18)8-14(15)19/h2-8H,9-10H2,1H3,(H,20,21). The van der Waals surface area contributed by atoms with Crippen LogP contribution in [-0.4, -0.2) is 32.2 Å². The zero-order chi connectivity index (χ0) is 18.2. The average Bonchev–Trinajstić information content (AvgIpc) is 2.61. The summed E-state index contributed by atoms with van der Waals surface area (Å²) in [5, 5.41) is 2.31. The zero-order valence-electron chi connectivity index (χ0n) is 13.3. The van der Waals surface area contributed by atoms with Gasteiger partial charge in [-0.25, -0.2) is 9.18 Å². The first kappa shape index (κ1) is 18.7. The molecule has 0 bridgehead atoms. The van der Waals surface area contributed by atoms with E-state index < -0.39 is 24.3 Å². The lowest BCUT2D eigenvalue weighted by molar-refractivity contribution is -0.149. The molecule has 2 aromatic carbocycles. The summed E-state index contributed by atoms with van der Waals surface area (Å²) in [6.45, 7) is -0.896. The number of rotatable bonds is 7. The lowest BCUT2D eigenvalue weighted by atomic mass is 10.3. The van der Waals surface area contributed by atoms with Gasteiger partial charge in [-0.3, -0.25) is 4.79 Å². The SMILES string of the molecule is COc1ccc(OCC(=O)OCC(=O)Nc2ccc(Br)cc2F)cc1. The molecule has 0 aliphatic rings. The quantitative estimate of drug-likeness (QED) is 0.708. The number of carbonyl (C=O) groups is 2. The Morgan fingerprint density at radius 2 is 1.76 bits per heavy atom. The van der Waals surface area contributed by atoms with Crippen molar-refractivity contribution in [2.75, 3.05) is 25.6 Å². The molecule has 2 aromatic rings. The van der Waals surface area contributed by atoms with E-state index in [1.165, 1.54) is 12.1 Å². The van der Waals surface area contributed by atoms with Crippen molar-refractivity contribution >= 4 is 33.5 Å². The minimum Gasteiger partial charge on any atom is -0.497 e. The second-order valence-electron chi connectivity index (χ2n) is 4.80. The summed E-state index contributed by atoms with van der Waals surface area (Å²) < 4.78 is 29.1. The van der Waals surface area contributed by atoms with Crippen molar-refractivity contribution in [3.63, 3.8) is 0 Å². The fraction of sp³-hybridized carbons (Fsp3) is 0.176. The van der Waals surface area contributed by atoms with Gasteiger partial charge in [0.2, 0.25) is 0 Å². The number of hydrogen-bond acceptors (Lipinski definition) is 5. The van der Waals surface area contributed by atoms with E-state index in [-0.39, 0.29) is 12.3 Å². The van der Waals surface area contributed by atoms with Crippen molar-refractivity contribution in [3.05, 3.63) is 52.8 Å². The van der Waals surface area contributed by atoms with Crippen LogP contribution in [0, 0.1) is 5.82 Å². The molecular formula is C17H15BrFNO5. The van der Waals surface area contributed by atoms with E-state index in [2.05, 4.69) is 21.2 Å². The number of esters is 1. The van der Waals surface area contributed by atoms with Crippen LogP contribution in [0.5, 0.6) is 11.5 Å². The molecule has 0 unspecified atom stereocenters. The molecule has 6 nitrogen and oxygen atoms in total. The highest BCUT2D eigenvalue weighted by Crippen LogP contribution is 2.19. The number of halogens is 2. The van der Waals surface area contributed by atoms with Gasteiger partial charge in [0.05, 0.1) is 12.8 Å². The van der Waals surface area contributed by atoms with Crippen molar-refractivity contribution in [1.29, 1.82) is 0 Å². The Labute approximate surface area is 152 Å². The van der Waals surface area contributed by atoms with E-state index in [1.807, 2.05) is 0 Å². The van der Waals surface area contributed by atoms with E-state index in [0.717, 1.165) is 0 Å². The first-order valence-corrected chi connectivity index (χ1v) is 7.94. The molecule has 132 valence electrons. The number of carbonyl (C=O) groups excluding carboxylic acids is 2. The van der Waals surface area contributed by atoms with E-state index in [4.69, 9.17) is 14.2 Å². The molecule has 0 heterocycles. The maximum Gasteiger partial charge on any atom is 0.344 e. The molecule has 0 aliphatic heterocycles. The third-order valence-electron chi connectivity index (χ3n) is 2.99. The summed E-state index contributed by atoms with van der Waals surface area (Å²) in [5.41, 5.74) is -0.00117. The topological polar surface area (TPSA) is 73.9 Å². The molecule has 25 heavy (non-hydrogen) atoms. The molecule has 0 radical (unpaired) electrons. The van der Waals surface area contributed by atoms with Gasteiger partial charge in [-0.1, -0.05) is 15.9 Å². The van der Waals surface area contributed by atoms with Crippen molar-refractivity contribution in [2.24, 2.45) is 0 Å². The zero-order valence-corrected chi connectivity index (χ0v) is 14.8. The fourth-order valence-corrected chi connectivity index (χ4v) is 2.11. The van der Waals surface area contributed by atoms with Crippen molar-refractivity contribution in [3.8, 4) is 11.5 Å². The number of amides is 1. The Balaban J connectivity index is 1.74. The molecule has 0 atom stereocenters. The molecule has 0 aromatic heterocycles. The van der Waals surface area contributed by atoms with Crippen LogP contribution in [0.2, 0.25) is 0 Å². The molecule has 0 saturated carbocycles. The molecule has 1 N–H and O–H groups in total. The summed E-state index contributed by atoms with van der Waals surface area (Å²) in [6, 6.07) is 10.8. The predicted octanol–water partition coefficient (Wildman–Crippen LogP) is 3.16. The minimum absolute atomic E-state index is 0.00117. The summed E-state index contributed by atoms with van der Waals surface area (Å²) in [5.74, 6) is -0.857. The Morgan fingerprint density at radius 3 is 2.40 bits per heavy atom. The summed E-state index contributed by atoms with van der Waals surface area (Å²) in [4.78, 5) is 23.3. The summed E-state index contributed by atoms with van der Waals surface area (Å²) in [6.07, 6.45) is 0. The van der Waals surface area contributed by atoms with Crippen molar-refractivity contribution in [2.45, 2.75) is 0 Å². The van der Waals surface area contributed by atoms with Crippen LogP contribution in [0.1, 0.15) is 0 Å². The van der Waals surface area contributed by atoms with E-state index >= 15 is 0 Å². The van der Waals surface area contributed by atoms with Gasteiger partial charge >= 0.3 is 5.97 Å². The number of methoxy groups -OCH3 is 1. The molecule has 0 saturated heterocycles. The normalized spacial score (nSPS) is 10.0. The lowest BCUT2D eigenvalue weighted by Crippen LogP contribution is -2.24.